The number of likely N-dealkylation sites (N-methyl/N-ethyl adjacent to an activating group) is 1. The van der Waals surface area contributed by atoms with Crippen molar-refractivity contribution < 1.29 is 14.3 Å². The van der Waals surface area contributed by atoms with Gasteiger partial charge in [0.2, 0.25) is 0 Å². The van der Waals surface area contributed by atoms with Gasteiger partial charge in [-0.15, -0.1) is 11.3 Å². The molecular formula is C16H23NO3S. The molecule has 4 nitrogen and oxygen atoms in total. The summed E-state index contributed by atoms with van der Waals surface area (Å²) in [5, 5.41) is 0. The van der Waals surface area contributed by atoms with Gasteiger partial charge in [-0.3, -0.25) is 9.59 Å². The Labute approximate surface area is 130 Å². The van der Waals surface area contributed by atoms with E-state index >= 15 is 0 Å². The number of carbonyl (C=O) groups is 2. The lowest BCUT2D eigenvalue weighted by atomic mass is 10.00. The van der Waals surface area contributed by atoms with Crippen molar-refractivity contribution in [3.8, 4) is 0 Å². The van der Waals surface area contributed by atoms with Crippen molar-refractivity contribution >= 4 is 23.2 Å². The van der Waals surface area contributed by atoms with E-state index < -0.39 is 0 Å². The highest BCUT2D eigenvalue weighted by Crippen LogP contribution is 2.29. The number of nitrogens with zero attached hydrogens (tertiary/aromatic N) is 1. The number of fused-ring (bicyclic) bond motifs is 1. The van der Waals surface area contributed by atoms with Gasteiger partial charge in [0.25, 0.3) is 5.91 Å². The molecule has 0 unspecified atom stereocenters. The maximum absolute atomic E-state index is 12.4. The first-order valence-electron chi connectivity index (χ1n) is 7.64. The fraction of sp³-hybridized carbons (Fsp3) is 0.625. The molecule has 1 aromatic rings. The molecule has 0 saturated heterocycles. The van der Waals surface area contributed by atoms with Crippen molar-refractivity contribution in [3.05, 3.63) is 21.4 Å². The van der Waals surface area contributed by atoms with Crippen molar-refractivity contribution in [3.63, 3.8) is 0 Å². The zero-order valence-corrected chi connectivity index (χ0v) is 13.6. The van der Waals surface area contributed by atoms with Crippen LogP contribution in [-0.4, -0.2) is 37.0 Å². The molecule has 21 heavy (non-hydrogen) atoms. The minimum absolute atomic E-state index is 0.00917. The van der Waals surface area contributed by atoms with Gasteiger partial charge in [-0.05, 0) is 44.2 Å². The van der Waals surface area contributed by atoms with E-state index in [0.717, 1.165) is 17.7 Å². The lowest BCUT2D eigenvalue weighted by Gasteiger charge is -2.14. The van der Waals surface area contributed by atoms with Gasteiger partial charge in [-0.2, -0.15) is 0 Å². The average molecular weight is 309 g/mol. The zero-order chi connectivity index (χ0) is 15.2. The van der Waals surface area contributed by atoms with Crippen LogP contribution in [0.2, 0.25) is 0 Å². The lowest BCUT2D eigenvalue weighted by molar-refractivity contribution is -0.143. The molecule has 1 amide bonds. The highest BCUT2D eigenvalue weighted by atomic mass is 32.1. The summed E-state index contributed by atoms with van der Waals surface area (Å²) in [5.41, 5.74) is 1.33. The molecule has 0 bridgehead atoms. The zero-order valence-electron chi connectivity index (χ0n) is 12.8. The molecule has 0 radical (unpaired) electrons. The fourth-order valence-corrected chi connectivity index (χ4v) is 3.86. The largest absolute Gasteiger partial charge is 0.465 e. The van der Waals surface area contributed by atoms with Gasteiger partial charge >= 0.3 is 5.97 Å². The van der Waals surface area contributed by atoms with Crippen molar-refractivity contribution in [2.45, 2.75) is 45.4 Å². The number of rotatable bonds is 4. The molecule has 1 aliphatic carbocycles. The summed E-state index contributed by atoms with van der Waals surface area (Å²) in [6.45, 7) is 2.11. The molecule has 0 atom stereocenters. The molecule has 116 valence electrons. The third-order valence-corrected chi connectivity index (χ3v) is 4.95. The smallest absolute Gasteiger partial charge is 0.325 e. The number of hydrogen-bond acceptors (Lipinski definition) is 4. The molecule has 0 saturated carbocycles. The van der Waals surface area contributed by atoms with E-state index in [9.17, 15) is 9.59 Å². The SMILES string of the molecule is CCOC(=O)CN(C)C(=O)c1cc2c(s1)CCCCCC2. The number of hydrogen-bond donors (Lipinski definition) is 0. The normalized spacial score (nSPS) is 14.8. The molecule has 1 aromatic heterocycles. The summed E-state index contributed by atoms with van der Waals surface area (Å²) in [6.07, 6.45) is 7.12. The third-order valence-electron chi connectivity index (χ3n) is 3.73. The van der Waals surface area contributed by atoms with Crippen molar-refractivity contribution in [2.75, 3.05) is 20.2 Å². The van der Waals surface area contributed by atoms with Crippen LogP contribution < -0.4 is 0 Å². The Balaban J connectivity index is 2.05. The highest BCUT2D eigenvalue weighted by molar-refractivity contribution is 7.14. The molecule has 0 aliphatic heterocycles. The Morgan fingerprint density at radius 3 is 2.67 bits per heavy atom. The molecule has 1 aliphatic rings. The summed E-state index contributed by atoms with van der Waals surface area (Å²) < 4.78 is 4.88. The van der Waals surface area contributed by atoms with Crippen LogP contribution in [0.15, 0.2) is 6.07 Å². The molecular weight excluding hydrogens is 286 g/mol. The van der Waals surface area contributed by atoms with E-state index in [2.05, 4.69) is 0 Å². The van der Waals surface area contributed by atoms with E-state index in [1.54, 1.807) is 25.3 Å². The summed E-state index contributed by atoms with van der Waals surface area (Å²) >= 11 is 1.59. The molecule has 2 rings (SSSR count). The van der Waals surface area contributed by atoms with E-state index in [1.165, 1.54) is 41.0 Å². The molecule has 5 heteroatoms. The quantitative estimate of drug-likeness (QED) is 0.803. The van der Waals surface area contributed by atoms with Crippen LogP contribution in [0.1, 0.15) is 52.7 Å². The first-order valence-corrected chi connectivity index (χ1v) is 8.46. The Morgan fingerprint density at radius 2 is 1.95 bits per heavy atom. The monoisotopic (exact) mass is 309 g/mol. The number of aryl methyl sites for hydroxylation is 2. The Bertz CT molecular complexity index is 484. The second-order valence-electron chi connectivity index (χ2n) is 5.44. The second kappa shape index (κ2) is 7.59. The highest BCUT2D eigenvalue weighted by Gasteiger charge is 2.20. The standard InChI is InChI=1S/C16H23NO3S/c1-3-20-15(18)11-17(2)16(19)14-10-12-8-6-4-5-7-9-13(12)21-14/h10H,3-9,11H2,1-2H3. The molecule has 0 N–H and O–H groups in total. The van der Waals surface area contributed by atoms with Crippen LogP contribution in [0.4, 0.5) is 0 Å². The summed E-state index contributed by atoms with van der Waals surface area (Å²) in [5.74, 6) is -0.442. The number of carbonyl (C=O) groups excluding carboxylic acids is 2. The van der Waals surface area contributed by atoms with Crippen molar-refractivity contribution in [1.82, 2.24) is 4.90 Å². The van der Waals surface area contributed by atoms with Gasteiger partial charge in [-0.1, -0.05) is 12.8 Å². The average Bonchev–Trinajstić information content (AvgIpc) is 2.80. The van der Waals surface area contributed by atoms with Gasteiger partial charge in [0.05, 0.1) is 11.5 Å². The summed E-state index contributed by atoms with van der Waals surface area (Å²) in [7, 11) is 1.65. The maximum atomic E-state index is 12.4. The number of thiophene rings is 1. The van der Waals surface area contributed by atoms with Gasteiger partial charge in [-0.25, -0.2) is 0 Å². The molecule has 0 spiro atoms. The van der Waals surface area contributed by atoms with Crippen molar-refractivity contribution in [2.24, 2.45) is 0 Å². The van der Waals surface area contributed by atoms with Crippen molar-refractivity contribution in [1.29, 1.82) is 0 Å². The van der Waals surface area contributed by atoms with Crippen LogP contribution in [0.25, 0.3) is 0 Å². The third kappa shape index (κ3) is 4.30. The summed E-state index contributed by atoms with van der Waals surface area (Å²) in [6, 6.07) is 2.02. The van der Waals surface area contributed by atoms with Crippen LogP contribution in [-0.2, 0) is 22.4 Å². The molecule has 1 heterocycles. The van der Waals surface area contributed by atoms with E-state index in [1.807, 2.05) is 6.07 Å². The van der Waals surface area contributed by atoms with E-state index in [0.29, 0.717) is 6.61 Å². The van der Waals surface area contributed by atoms with Gasteiger partial charge in [0.15, 0.2) is 0 Å². The minimum atomic E-state index is -0.358. The van der Waals surface area contributed by atoms with E-state index in [-0.39, 0.29) is 18.4 Å². The Hall–Kier alpha value is -1.36. The van der Waals surface area contributed by atoms with Crippen LogP contribution in [0.3, 0.4) is 0 Å². The summed E-state index contributed by atoms with van der Waals surface area (Å²) in [4.78, 5) is 27.4. The lowest BCUT2D eigenvalue weighted by Crippen LogP contribution is -2.32. The Morgan fingerprint density at radius 1 is 1.24 bits per heavy atom. The predicted octanol–water partition coefficient (Wildman–Crippen LogP) is 3.04. The molecule has 0 fully saturated rings. The van der Waals surface area contributed by atoms with Crippen LogP contribution in [0, 0.1) is 0 Å². The van der Waals surface area contributed by atoms with Crippen LogP contribution >= 0.6 is 11.3 Å². The maximum Gasteiger partial charge on any atom is 0.325 e. The van der Waals surface area contributed by atoms with E-state index in [4.69, 9.17) is 4.74 Å². The predicted molar refractivity (Wildman–Crippen MR) is 83.8 cm³/mol. The number of esters is 1. The number of ether oxygens (including phenoxy) is 1. The number of amides is 1. The minimum Gasteiger partial charge on any atom is -0.465 e. The Kier molecular flexibility index (Phi) is 5.79. The van der Waals surface area contributed by atoms with Gasteiger partial charge < -0.3 is 9.64 Å². The topological polar surface area (TPSA) is 46.6 Å². The van der Waals surface area contributed by atoms with Crippen LogP contribution in [0.5, 0.6) is 0 Å². The fourth-order valence-electron chi connectivity index (χ4n) is 2.61. The first-order chi connectivity index (χ1) is 10.1. The first kappa shape index (κ1) is 16.0. The molecule has 0 aromatic carbocycles. The van der Waals surface area contributed by atoms with Gasteiger partial charge in [0.1, 0.15) is 6.54 Å². The van der Waals surface area contributed by atoms with Gasteiger partial charge in [0, 0.05) is 11.9 Å². The second-order valence-corrected chi connectivity index (χ2v) is 6.58.